The molecule has 0 radical (unpaired) electrons. The first-order chi connectivity index (χ1) is 6.33. The molecule has 0 bridgehead atoms. The van der Waals surface area contributed by atoms with Gasteiger partial charge in [-0.2, -0.15) is 0 Å². The smallest absolute Gasteiger partial charge is 0.328 e. The highest BCUT2D eigenvalue weighted by atomic mass is 16.5. The first-order valence-corrected chi connectivity index (χ1v) is 4.65. The zero-order valence-corrected chi connectivity index (χ0v) is 7.71. The molecular weight excluding hydrogens is 170 g/mol. The van der Waals surface area contributed by atoms with Crippen LogP contribution in [0, 0.1) is 5.92 Å². The van der Waals surface area contributed by atoms with Gasteiger partial charge in [-0.15, -0.1) is 0 Å². The van der Waals surface area contributed by atoms with Gasteiger partial charge in [-0.3, -0.25) is 5.43 Å². The number of carbonyl (C=O) groups is 1. The van der Waals surface area contributed by atoms with Crippen molar-refractivity contribution in [2.24, 2.45) is 11.8 Å². The van der Waals surface area contributed by atoms with E-state index in [1.807, 2.05) is 5.43 Å². The van der Waals surface area contributed by atoms with Crippen LogP contribution >= 0.6 is 0 Å². The zero-order chi connectivity index (χ0) is 9.52. The van der Waals surface area contributed by atoms with Gasteiger partial charge in [0.15, 0.2) is 0 Å². The lowest BCUT2D eigenvalue weighted by Gasteiger charge is -2.21. The minimum Gasteiger partial charge on any atom is -0.381 e. The maximum absolute atomic E-state index is 10.7. The average Bonchev–Trinajstić information content (AvgIpc) is 2.19. The fraction of sp³-hybridized carbons (Fsp3) is 0.875. The summed E-state index contributed by atoms with van der Waals surface area (Å²) in [7, 11) is 0. The number of hydrazine groups is 1. The lowest BCUT2D eigenvalue weighted by atomic mass is 9.97. The van der Waals surface area contributed by atoms with Crippen LogP contribution in [0.5, 0.6) is 0 Å². The van der Waals surface area contributed by atoms with Crippen molar-refractivity contribution in [3.63, 3.8) is 0 Å². The Hall–Kier alpha value is -0.810. The molecule has 0 aromatic rings. The van der Waals surface area contributed by atoms with Gasteiger partial charge in [0.25, 0.3) is 0 Å². The second-order valence-electron chi connectivity index (χ2n) is 3.24. The van der Waals surface area contributed by atoms with E-state index in [-0.39, 0.29) is 6.03 Å². The number of carbonyl (C=O) groups excluding carboxylic acids is 1. The van der Waals surface area contributed by atoms with Crippen molar-refractivity contribution in [3.8, 4) is 0 Å². The Bertz CT molecular complexity index is 157. The van der Waals surface area contributed by atoms with E-state index in [9.17, 15) is 4.79 Å². The minimum atomic E-state index is -0.313. The Morgan fingerprint density at radius 2 is 2.15 bits per heavy atom. The lowest BCUT2D eigenvalue weighted by Crippen LogP contribution is -2.40. The van der Waals surface area contributed by atoms with Crippen molar-refractivity contribution < 1.29 is 9.53 Å². The molecule has 2 amide bonds. The average molecular weight is 187 g/mol. The Kier molecular flexibility index (Phi) is 4.56. The first-order valence-electron chi connectivity index (χ1n) is 4.65. The van der Waals surface area contributed by atoms with E-state index in [2.05, 4.69) is 5.32 Å². The third kappa shape index (κ3) is 4.10. The molecule has 1 rings (SSSR count). The van der Waals surface area contributed by atoms with E-state index in [4.69, 9.17) is 10.6 Å². The molecule has 1 aliphatic rings. The van der Waals surface area contributed by atoms with E-state index in [1.165, 1.54) is 0 Å². The molecule has 0 atom stereocenters. The predicted molar refractivity (Wildman–Crippen MR) is 48.9 cm³/mol. The van der Waals surface area contributed by atoms with Crippen LogP contribution in [0.15, 0.2) is 0 Å². The Morgan fingerprint density at radius 1 is 1.46 bits per heavy atom. The van der Waals surface area contributed by atoms with Crippen LogP contribution in [0.3, 0.4) is 0 Å². The van der Waals surface area contributed by atoms with Crippen molar-refractivity contribution in [2.75, 3.05) is 19.8 Å². The zero-order valence-electron chi connectivity index (χ0n) is 7.71. The van der Waals surface area contributed by atoms with Gasteiger partial charge in [0.1, 0.15) is 0 Å². The first kappa shape index (κ1) is 10.3. The molecule has 5 nitrogen and oxygen atoms in total. The normalized spacial score (nSPS) is 18.2. The van der Waals surface area contributed by atoms with Crippen molar-refractivity contribution >= 4 is 6.03 Å². The third-order valence-corrected chi connectivity index (χ3v) is 2.31. The van der Waals surface area contributed by atoms with E-state index < -0.39 is 0 Å². The molecule has 1 aliphatic heterocycles. The lowest BCUT2D eigenvalue weighted by molar-refractivity contribution is 0.0642. The van der Waals surface area contributed by atoms with Crippen LogP contribution < -0.4 is 16.6 Å². The largest absolute Gasteiger partial charge is 0.381 e. The predicted octanol–water partition coefficient (Wildman–Crippen LogP) is -0.0240. The minimum absolute atomic E-state index is 0.313. The number of amides is 2. The highest BCUT2D eigenvalue weighted by molar-refractivity contribution is 5.72. The fourth-order valence-corrected chi connectivity index (χ4v) is 1.48. The number of hydrogen-bond donors (Lipinski definition) is 3. The van der Waals surface area contributed by atoms with Crippen molar-refractivity contribution in [1.29, 1.82) is 0 Å². The van der Waals surface area contributed by atoms with Crippen LogP contribution in [0.2, 0.25) is 0 Å². The summed E-state index contributed by atoms with van der Waals surface area (Å²) < 4.78 is 5.23. The molecule has 5 heteroatoms. The van der Waals surface area contributed by atoms with Crippen LogP contribution in [-0.2, 0) is 4.74 Å². The number of ether oxygens (including phenoxy) is 1. The Labute approximate surface area is 78.0 Å². The Balaban J connectivity index is 2.01. The number of rotatable bonds is 3. The number of urea groups is 1. The van der Waals surface area contributed by atoms with Crippen molar-refractivity contribution in [3.05, 3.63) is 0 Å². The van der Waals surface area contributed by atoms with E-state index in [0.29, 0.717) is 12.5 Å². The van der Waals surface area contributed by atoms with Gasteiger partial charge in [-0.25, -0.2) is 10.6 Å². The fourth-order valence-electron chi connectivity index (χ4n) is 1.48. The topological polar surface area (TPSA) is 76.4 Å². The van der Waals surface area contributed by atoms with Crippen LogP contribution in [0.1, 0.15) is 19.3 Å². The van der Waals surface area contributed by atoms with Crippen molar-refractivity contribution in [1.82, 2.24) is 10.7 Å². The Morgan fingerprint density at radius 3 is 2.77 bits per heavy atom. The quantitative estimate of drug-likeness (QED) is 0.330. The second-order valence-corrected chi connectivity index (χ2v) is 3.24. The second kappa shape index (κ2) is 5.77. The molecule has 76 valence electrons. The van der Waals surface area contributed by atoms with Gasteiger partial charge >= 0.3 is 6.03 Å². The molecule has 0 aromatic carbocycles. The molecule has 1 saturated heterocycles. The molecule has 1 fully saturated rings. The highest BCUT2D eigenvalue weighted by Gasteiger charge is 2.13. The molecule has 0 aliphatic carbocycles. The molecular formula is C8H17N3O2. The molecule has 4 N–H and O–H groups in total. The van der Waals surface area contributed by atoms with Gasteiger partial charge in [-0.1, -0.05) is 0 Å². The van der Waals surface area contributed by atoms with E-state index >= 15 is 0 Å². The molecule has 0 unspecified atom stereocenters. The summed E-state index contributed by atoms with van der Waals surface area (Å²) in [6.07, 6.45) is 3.22. The van der Waals surface area contributed by atoms with Gasteiger partial charge in [0, 0.05) is 19.8 Å². The van der Waals surface area contributed by atoms with Gasteiger partial charge < -0.3 is 10.1 Å². The highest BCUT2D eigenvalue weighted by Crippen LogP contribution is 2.17. The van der Waals surface area contributed by atoms with E-state index in [1.54, 1.807) is 0 Å². The summed E-state index contributed by atoms with van der Waals surface area (Å²) >= 11 is 0. The third-order valence-electron chi connectivity index (χ3n) is 2.31. The summed E-state index contributed by atoms with van der Waals surface area (Å²) in [6, 6.07) is -0.313. The van der Waals surface area contributed by atoms with Crippen LogP contribution in [0.4, 0.5) is 4.79 Å². The summed E-state index contributed by atoms with van der Waals surface area (Å²) in [5.41, 5.74) is 2.03. The van der Waals surface area contributed by atoms with Gasteiger partial charge in [0.2, 0.25) is 0 Å². The summed E-state index contributed by atoms with van der Waals surface area (Å²) in [4.78, 5) is 10.7. The molecule has 0 saturated carbocycles. The number of nitrogens with one attached hydrogen (secondary N) is 2. The van der Waals surface area contributed by atoms with E-state index in [0.717, 1.165) is 32.5 Å². The van der Waals surface area contributed by atoms with Crippen LogP contribution in [-0.4, -0.2) is 25.8 Å². The standard InChI is InChI=1S/C8H17N3O2/c9-11-8(12)10-4-1-7-2-5-13-6-3-7/h7H,1-6,9H2,(H2,10,11,12). The number of hydrogen-bond acceptors (Lipinski definition) is 3. The molecule has 0 aromatic heterocycles. The molecule has 0 spiro atoms. The molecule has 13 heavy (non-hydrogen) atoms. The monoisotopic (exact) mass is 187 g/mol. The summed E-state index contributed by atoms with van der Waals surface area (Å²) in [6.45, 7) is 2.40. The summed E-state index contributed by atoms with van der Waals surface area (Å²) in [5, 5.41) is 2.66. The van der Waals surface area contributed by atoms with Crippen LogP contribution in [0.25, 0.3) is 0 Å². The number of nitrogens with two attached hydrogens (primary N) is 1. The van der Waals surface area contributed by atoms with Crippen molar-refractivity contribution in [2.45, 2.75) is 19.3 Å². The van der Waals surface area contributed by atoms with Gasteiger partial charge in [0.05, 0.1) is 0 Å². The maximum atomic E-state index is 10.7. The summed E-state index contributed by atoms with van der Waals surface area (Å²) in [5.74, 6) is 5.60. The molecule has 1 heterocycles. The maximum Gasteiger partial charge on any atom is 0.328 e. The van der Waals surface area contributed by atoms with Gasteiger partial charge in [-0.05, 0) is 25.2 Å². The SMILES string of the molecule is NNC(=O)NCCC1CCOCC1.